The van der Waals surface area contributed by atoms with Gasteiger partial charge in [0.2, 0.25) is 5.91 Å². The van der Waals surface area contributed by atoms with Crippen molar-refractivity contribution in [2.45, 2.75) is 26.7 Å². The van der Waals surface area contributed by atoms with Crippen LogP contribution in [0.2, 0.25) is 0 Å². The minimum atomic E-state index is -0.489. The van der Waals surface area contributed by atoms with Crippen molar-refractivity contribution >= 4 is 39.3 Å². The van der Waals surface area contributed by atoms with E-state index in [0.29, 0.717) is 23.4 Å². The van der Waals surface area contributed by atoms with Gasteiger partial charge in [0.05, 0.1) is 0 Å². The molecule has 0 heterocycles. The first-order valence-electron chi connectivity index (χ1n) is 8.77. The van der Waals surface area contributed by atoms with Crippen LogP contribution in [0.25, 0.3) is 0 Å². The van der Waals surface area contributed by atoms with Crippen LogP contribution in [0.4, 0.5) is 5.69 Å². The predicted octanol–water partition coefficient (Wildman–Crippen LogP) is 3.34. The maximum absolute atomic E-state index is 12.1. The lowest BCUT2D eigenvalue weighted by Crippen LogP contribution is -2.43. The quantitative estimate of drug-likeness (QED) is 0.567. The molecule has 0 radical (unpaired) electrons. The Kier molecular flexibility index (Phi) is 8.01. The topological polar surface area (TPSA) is 96.5 Å². The molecule has 0 bridgehead atoms. The fourth-order valence-electron chi connectivity index (χ4n) is 2.25. The van der Waals surface area contributed by atoms with Crippen molar-refractivity contribution in [3.05, 3.63) is 58.1 Å². The number of hydrazine groups is 1. The molecule has 0 aliphatic rings. The number of nitrogens with one attached hydrogen (secondary N) is 3. The van der Waals surface area contributed by atoms with Gasteiger partial charge in [0.25, 0.3) is 11.8 Å². The number of carbonyl (C=O) groups is 3. The van der Waals surface area contributed by atoms with E-state index in [9.17, 15) is 14.4 Å². The molecule has 28 heavy (non-hydrogen) atoms. The average molecular weight is 448 g/mol. The van der Waals surface area contributed by atoms with Crippen LogP contribution in [-0.4, -0.2) is 24.3 Å². The third-order valence-electron chi connectivity index (χ3n) is 3.72. The van der Waals surface area contributed by atoms with E-state index in [-0.39, 0.29) is 12.5 Å². The lowest BCUT2D eigenvalue weighted by atomic mass is 10.2. The summed E-state index contributed by atoms with van der Waals surface area (Å²) in [6.45, 7) is 3.60. The van der Waals surface area contributed by atoms with Gasteiger partial charge in [-0.3, -0.25) is 25.2 Å². The molecule has 3 N–H and O–H groups in total. The van der Waals surface area contributed by atoms with Crippen LogP contribution >= 0.6 is 15.9 Å². The SMILES string of the molecule is CCCC(=O)Nc1ccc(C(=O)NNC(=O)COc2ccc(Br)c(C)c2)cc1. The molecule has 0 aromatic heterocycles. The molecule has 0 unspecified atom stereocenters. The second-order valence-corrected chi connectivity index (χ2v) is 6.93. The number of carbonyl (C=O) groups excluding carboxylic acids is 3. The first-order chi connectivity index (χ1) is 13.4. The molecule has 0 saturated carbocycles. The Hall–Kier alpha value is -2.87. The van der Waals surface area contributed by atoms with Crippen molar-refractivity contribution in [2.75, 3.05) is 11.9 Å². The van der Waals surface area contributed by atoms with Gasteiger partial charge in [-0.1, -0.05) is 22.9 Å². The summed E-state index contributed by atoms with van der Waals surface area (Å²) in [4.78, 5) is 35.5. The Morgan fingerprint density at radius 1 is 1.00 bits per heavy atom. The Balaban J connectivity index is 1.78. The lowest BCUT2D eigenvalue weighted by molar-refractivity contribution is -0.123. The second kappa shape index (κ2) is 10.5. The maximum Gasteiger partial charge on any atom is 0.276 e. The largest absolute Gasteiger partial charge is 0.484 e. The van der Waals surface area contributed by atoms with E-state index in [2.05, 4.69) is 32.1 Å². The molecule has 7 nitrogen and oxygen atoms in total. The minimum Gasteiger partial charge on any atom is -0.484 e. The first kappa shape index (κ1) is 21.4. The maximum atomic E-state index is 12.1. The van der Waals surface area contributed by atoms with Gasteiger partial charge < -0.3 is 10.1 Å². The molecule has 148 valence electrons. The first-order valence-corrected chi connectivity index (χ1v) is 9.56. The fraction of sp³-hybridized carbons (Fsp3) is 0.250. The smallest absolute Gasteiger partial charge is 0.276 e. The molecule has 2 aromatic carbocycles. The van der Waals surface area contributed by atoms with Crippen molar-refractivity contribution in [1.29, 1.82) is 0 Å². The molecule has 2 aromatic rings. The Morgan fingerprint density at radius 2 is 1.71 bits per heavy atom. The van der Waals surface area contributed by atoms with Crippen LogP contribution in [0.5, 0.6) is 5.75 Å². The predicted molar refractivity (Wildman–Crippen MR) is 110 cm³/mol. The summed E-state index contributed by atoms with van der Waals surface area (Å²) >= 11 is 3.39. The number of benzene rings is 2. The fourth-order valence-corrected chi connectivity index (χ4v) is 2.49. The number of hydrogen-bond donors (Lipinski definition) is 3. The van der Waals surface area contributed by atoms with Gasteiger partial charge in [-0.15, -0.1) is 0 Å². The highest BCUT2D eigenvalue weighted by atomic mass is 79.9. The highest BCUT2D eigenvalue weighted by molar-refractivity contribution is 9.10. The summed E-state index contributed by atoms with van der Waals surface area (Å²) in [5.74, 6) is -0.479. The van der Waals surface area contributed by atoms with Crippen LogP contribution in [0.15, 0.2) is 46.9 Å². The Labute approximate surface area is 171 Å². The minimum absolute atomic E-state index is 0.0760. The molecular weight excluding hydrogens is 426 g/mol. The van der Waals surface area contributed by atoms with Gasteiger partial charge >= 0.3 is 0 Å². The number of amides is 3. The summed E-state index contributed by atoms with van der Waals surface area (Å²) < 4.78 is 6.34. The summed E-state index contributed by atoms with van der Waals surface area (Å²) in [5, 5.41) is 2.74. The normalized spacial score (nSPS) is 10.1. The van der Waals surface area contributed by atoms with Crippen molar-refractivity contribution in [3.63, 3.8) is 0 Å². The standard InChI is InChI=1S/C20H22BrN3O4/c1-3-4-18(25)22-15-7-5-14(6-8-15)20(27)24-23-19(26)12-28-16-9-10-17(21)13(2)11-16/h5-11H,3-4,12H2,1-2H3,(H,22,25)(H,23,26)(H,24,27). The molecule has 0 aliphatic heterocycles. The highest BCUT2D eigenvalue weighted by Gasteiger charge is 2.09. The molecule has 0 atom stereocenters. The number of anilines is 1. The lowest BCUT2D eigenvalue weighted by Gasteiger charge is -2.10. The molecule has 0 aliphatic carbocycles. The van der Waals surface area contributed by atoms with Gasteiger partial charge in [-0.2, -0.15) is 0 Å². The van der Waals surface area contributed by atoms with Crippen LogP contribution in [0, 0.1) is 6.92 Å². The van der Waals surface area contributed by atoms with Crippen molar-refractivity contribution < 1.29 is 19.1 Å². The third-order valence-corrected chi connectivity index (χ3v) is 4.61. The van der Waals surface area contributed by atoms with Crippen LogP contribution < -0.4 is 20.9 Å². The molecule has 2 rings (SSSR count). The van der Waals surface area contributed by atoms with Gasteiger partial charge in [-0.25, -0.2) is 0 Å². The number of halogens is 1. The van der Waals surface area contributed by atoms with Crippen LogP contribution in [0.3, 0.4) is 0 Å². The van der Waals surface area contributed by atoms with E-state index in [1.807, 2.05) is 19.9 Å². The van der Waals surface area contributed by atoms with Crippen molar-refractivity contribution in [2.24, 2.45) is 0 Å². The van der Waals surface area contributed by atoms with E-state index < -0.39 is 11.8 Å². The summed E-state index contributed by atoms with van der Waals surface area (Å²) in [6, 6.07) is 11.8. The van der Waals surface area contributed by atoms with Crippen molar-refractivity contribution in [3.8, 4) is 5.75 Å². The molecule has 8 heteroatoms. The Morgan fingerprint density at radius 3 is 2.36 bits per heavy atom. The summed E-state index contributed by atoms with van der Waals surface area (Å²) in [5.41, 5.74) is 6.56. The van der Waals surface area contributed by atoms with Gasteiger partial charge in [0.1, 0.15) is 5.75 Å². The number of ether oxygens (including phenoxy) is 1. The van der Waals surface area contributed by atoms with E-state index in [4.69, 9.17) is 4.74 Å². The molecular formula is C20H22BrN3O4. The average Bonchev–Trinajstić information content (AvgIpc) is 2.67. The van der Waals surface area contributed by atoms with Gasteiger partial charge in [0.15, 0.2) is 6.61 Å². The Bertz CT molecular complexity index is 853. The van der Waals surface area contributed by atoms with Gasteiger partial charge in [-0.05, 0) is 61.4 Å². The summed E-state index contributed by atoms with van der Waals surface area (Å²) in [6.07, 6.45) is 1.20. The molecule has 0 fully saturated rings. The van der Waals surface area contributed by atoms with Gasteiger partial charge in [0, 0.05) is 22.1 Å². The number of hydrogen-bond acceptors (Lipinski definition) is 4. The monoisotopic (exact) mass is 447 g/mol. The zero-order valence-electron chi connectivity index (χ0n) is 15.7. The third kappa shape index (κ3) is 6.70. The zero-order chi connectivity index (χ0) is 20.5. The summed E-state index contributed by atoms with van der Waals surface area (Å²) in [7, 11) is 0. The molecule has 3 amide bonds. The molecule has 0 saturated heterocycles. The zero-order valence-corrected chi connectivity index (χ0v) is 17.3. The van der Waals surface area contributed by atoms with E-state index in [1.54, 1.807) is 36.4 Å². The van der Waals surface area contributed by atoms with E-state index >= 15 is 0 Å². The highest BCUT2D eigenvalue weighted by Crippen LogP contribution is 2.21. The van der Waals surface area contributed by atoms with E-state index in [1.165, 1.54) is 0 Å². The van der Waals surface area contributed by atoms with Crippen molar-refractivity contribution in [1.82, 2.24) is 10.9 Å². The van der Waals surface area contributed by atoms with Crippen LogP contribution in [0.1, 0.15) is 35.7 Å². The van der Waals surface area contributed by atoms with E-state index in [0.717, 1.165) is 16.5 Å². The molecule has 0 spiro atoms. The van der Waals surface area contributed by atoms with Crippen LogP contribution in [-0.2, 0) is 9.59 Å². The second-order valence-electron chi connectivity index (χ2n) is 6.08. The number of rotatable bonds is 7. The number of aryl methyl sites for hydroxylation is 1.